The SMILES string of the molecule is CC(=O)OCC1(C[N+](=O)[O-])C(=O)N(C)c2ccccc21. The molecule has 1 atom stereocenters. The van der Waals surface area contributed by atoms with Crippen LogP contribution in [0.5, 0.6) is 0 Å². The lowest BCUT2D eigenvalue weighted by Crippen LogP contribution is -2.47. The van der Waals surface area contributed by atoms with Crippen LogP contribution in [0.4, 0.5) is 5.69 Å². The fourth-order valence-electron chi connectivity index (χ4n) is 2.50. The van der Waals surface area contributed by atoms with Crippen molar-refractivity contribution < 1.29 is 19.2 Å². The molecule has 0 N–H and O–H groups in total. The molecule has 106 valence electrons. The largest absolute Gasteiger partial charge is 0.464 e. The Hall–Kier alpha value is -2.44. The average molecular weight is 278 g/mol. The topological polar surface area (TPSA) is 89.7 Å². The van der Waals surface area contributed by atoms with Gasteiger partial charge in [0.2, 0.25) is 12.5 Å². The number of ether oxygens (including phenoxy) is 1. The number of carbonyl (C=O) groups is 2. The number of nitro groups is 1. The number of fused-ring (bicyclic) bond motifs is 1. The summed E-state index contributed by atoms with van der Waals surface area (Å²) in [6.45, 7) is 0.263. The number of hydrogen-bond acceptors (Lipinski definition) is 5. The molecule has 0 saturated carbocycles. The first-order chi connectivity index (χ1) is 9.38. The third kappa shape index (κ3) is 2.11. The lowest BCUT2D eigenvalue weighted by atomic mass is 9.82. The van der Waals surface area contributed by atoms with Gasteiger partial charge in [-0.05, 0) is 6.07 Å². The second-order valence-corrected chi connectivity index (χ2v) is 4.73. The summed E-state index contributed by atoms with van der Waals surface area (Å²) in [7, 11) is 1.55. The normalized spacial score (nSPS) is 20.7. The Morgan fingerprint density at radius 3 is 2.70 bits per heavy atom. The molecule has 0 radical (unpaired) electrons. The zero-order valence-electron chi connectivity index (χ0n) is 11.2. The van der Waals surface area contributed by atoms with E-state index < -0.39 is 28.8 Å². The van der Waals surface area contributed by atoms with Gasteiger partial charge in [-0.25, -0.2) is 0 Å². The molecule has 1 aromatic carbocycles. The molecular formula is C13H14N2O5. The maximum atomic E-state index is 12.5. The van der Waals surface area contributed by atoms with Crippen molar-refractivity contribution in [2.24, 2.45) is 0 Å². The predicted molar refractivity (Wildman–Crippen MR) is 70.0 cm³/mol. The van der Waals surface area contributed by atoms with E-state index in [2.05, 4.69) is 0 Å². The van der Waals surface area contributed by atoms with E-state index in [1.165, 1.54) is 11.8 Å². The van der Waals surface area contributed by atoms with Crippen LogP contribution in [0.2, 0.25) is 0 Å². The molecule has 0 spiro atoms. The maximum absolute atomic E-state index is 12.5. The van der Waals surface area contributed by atoms with Crippen LogP contribution in [0, 0.1) is 10.1 Å². The van der Waals surface area contributed by atoms with Crippen LogP contribution >= 0.6 is 0 Å². The van der Waals surface area contributed by atoms with E-state index in [1.54, 1.807) is 31.3 Å². The molecule has 1 amide bonds. The van der Waals surface area contributed by atoms with Gasteiger partial charge in [0.05, 0.1) is 0 Å². The third-order valence-electron chi connectivity index (χ3n) is 3.42. The standard InChI is InChI=1S/C13H14N2O5/c1-9(16)20-8-13(7-15(18)19)10-5-3-4-6-11(10)14(2)12(13)17/h3-6H,7-8H2,1-2H3. The number of benzene rings is 1. The van der Waals surface area contributed by atoms with Gasteiger partial charge in [-0.2, -0.15) is 0 Å². The summed E-state index contributed by atoms with van der Waals surface area (Å²) in [5.74, 6) is -1.01. The molecule has 7 heteroatoms. The first-order valence-corrected chi connectivity index (χ1v) is 6.01. The summed E-state index contributed by atoms with van der Waals surface area (Å²) in [6, 6.07) is 6.82. The molecule has 0 bridgehead atoms. The number of esters is 1. The van der Waals surface area contributed by atoms with Crippen molar-refractivity contribution in [1.29, 1.82) is 0 Å². The number of nitrogens with zero attached hydrogens (tertiary/aromatic N) is 2. The van der Waals surface area contributed by atoms with Gasteiger partial charge >= 0.3 is 5.97 Å². The van der Waals surface area contributed by atoms with Crippen molar-refractivity contribution in [2.75, 3.05) is 25.1 Å². The minimum absolute atomic E-state index is 0.330. The lowest BCUT2D eigenvalue weighted by molar-refractivity contribution is -0.488. The molecule has 2 rings (SSSR count). The molecule has 0 fully saturated rings. The van der Waals surface area contributed by atoms with E-state index in [1.807, 2.05) is 0 Å². The van der Waals surface area contributed by atoms with Gasteiger partial charge < -0.3 is 9.64 Å². The highest BCUT2D eigenvalue weighted by atomic mass is 16.6. The first-order valence-electron chi connectivity index (χ1n) is 6.01. The number of likely N-dealkylation sites (N-methyl/N-ethyl adjacent to an activating group) is 1. The van der Waals surface area contributed by atoms with E-state index in [0.29, 0.717) is 11.3 Å². The Kier molecular flexibility index (Phi) is 3.44. The van der Waals surface area contributed by atoms with Crippen LogP contribution in [0.25, 0.3) is 0 Å². The number of amides is 1. The summed E-state index contributed by atoms with van der Waals surface area (Å²) in [5, 5.41) is 11.0. The fraction of sp³-hybridized carbons (Fsp3) is 0.385. The minimum atomic E-state index is -1.44. The second-order valence-electron chi connectivity index (χ2n) is 4.73. The van der Waals surface area contributed by atoms with E-state index in [4.69, 9.17) is 4.74 Å². The molecule has 1 aliphatic heterocycles. The second kappa shape index (κ2) is 4.92. The summed E-state index contributed by atoms with van der Waals surface area (Å²) in [4.78, 5) is 35.2. The molecule has 1 aromatic rings. The average Bonchev–Trinajstić information content (AvgIpc) is 2.60. The highest BCUT2D eigenvalue weighted by Gasteiger charge is 2.54. The highest BCUT2D eigenvalue weighted by molar-refractivity contribution is 6.08. The predicted octanol–water partition coefficient (Wildman–Crippen LogP) is 0.741. The number of para-hydroxylation sites is 1. The van der Waals surface area contributed by atoms with Crippen LogP contribution in [0.15, 0.2) is 24.3 Å². The zero-order valence-corrected chi connectivity index (χ0v) is 11.2. The van der Waals surface area contributed by atoms with Crippen LogP contribution in [0.1, 0.15) is 12.5 Å². The summed E-state index contributed by atoms with van der Waals surface area (Å²) < 4.78 is 4.91. The molecule has 1 aliphatic rings. The van der Waals surface area contributed by atoms with Gasteiger partial charge in [0.15, 0.2) is 5.41 Å². The maximum Gasteiger partial charge on any atom is 0.302 e. The number of rotatable bonds is 4. The number of hydrogen-bond donors (Lipinski definition) is 0. The van der Waals surface area contributed by atoms with Crippen LogP contribution in [-0.2, 0) is 19.7 Å². The number of anilines is 1. The van der Waals surface area contributed by atoms with Gasteiger partial charge in [-0.1, -0.05) is 18.2 Å². The van der Waals surface area contributed by atoms with Crippen molar-refractivity contribution in [2.45, 2.75) is 12.3 Å². The molecule has 20 heavy (non-hydrogen) atoms. The highest BCUT2D eigenvalue weighted by Crippen LogP contribution is 2.41. The molecule has 0 saturated heterocycles. The van der Waals surface area contributed by atoms with Crippen molar-refractivity contribution in [3.8, 4) is 0 Å². The molecule has 1 unspecified atom stereocenters. The van der Waals surface area contributed by atoms with Gasteiger partial charge in [-0.3, -0.25) is 19.7 Å². The molecule has 0 aromatic heterocycles. The van der Waals surface area contributed by atoms with Gasteiger partial charge in [0, 0.05) is 30.1 Å². The zero-order chi connectivity index (χ0) is 14.9. The summed E-state index contributed by atoms with van der Waals surface area (Å²) in [5.41, 5.74) is -0.322. The van der Waals surface area contributed by atoms with E-state index in [0.717, 1.165) is 0 Å². The number of carbonyl (C=O) groups excluding carboxylic acids is 2. The van der Waals surface area contributed by atoms with Gasteiger partial charge in [0.1, 0.15) is 6.61 Å². The van der Waals surface area contributed by atoms with E-state index in [-0.39, 0.29) is 6.61 Å². The van der Waals surface area contributed by atoms with Gasteiger partial charge in [-0.15, -0.1) is 0 Å². The van der Waals surface area contributed by atoms with Crippen molar-refractivity contribution in [3.05, 3.63) is 39.9 Å². The third-order valence-corrected chi connectivity index (χ3v) is 3.42. The van der Waals surface area contributed by atoms with Crippen molar-refractivity contribution in [3.63, 3.8) is 0 Å². The summed E-state index contributed by atoms with van der Waals surface area (Å²) in [6.07, 6.45) is 0. The quantitative estimate of drug-likeness (QED) is 0.460. The fourth-order valence-corrected chi connectivity index (χ4v) is 2.50. The Morgan fingerprint density at radius 1 is 1.45 bits per heavy atom. The van der Waals surface area contributed by atoms with E-state index in [9.17, 15) is 19.7 Å². The first kappa shape index (κ1) is 14.0. The Balaban J connectivity index is 2.52. The Bertz CT molecular complexity index is 586. The van der Waals surface area contributed by atoms with Gasteiger partial charge in [0.25, 0.3) is 0 Å². The molecular weight excluding hydrogens is 264 g/mol. The van der Waals surface area contributed by atoms with Crippen molar-refractivity contribution >= 4 is 17.6 Å². The lowest BCUT2D eigenvalue weighted by Gasteiger charge is -2.23. The molecule has 1 heterocycles. The van der Waals surface area contributed by atoms with Crippen LogP contribution < -0.4 is 4.90 Å². The molecule has 0 aliphatic carbocycles. The van der Waals surface area contributed by atoms with Crippen molar-refractivity contribution in [1.82, 2.24) is 0 Å². The molecule has 7 nitrogen and oxygen atoms in total. The smallest absolute Gasteiger partial charge is 0.302 e. The van der Waals surface area contributed by atoms with E-state index >= 15 is 0 Å². The van der Waals surface area contributed by atoms with Crippen LogP contribution in [-0.4, -0.2) is 37.0 Å². The van der Waals surface area contributed by atoms with Crippen LogP contribution in [0.3, 0.4) is 0 Å². The monoisotopic (exact) mass is 278 g/mol. The Labute approximate surface area is 115 Å². The minimum Gasteiger partial charge on any atom is -0.464 e. The Morgan fingerprint density at radius 2 is 2.10 bits per heavy atom. The summed E-state index contributed by atoms with van der Waals surface area (Å²) >= 11 is 0.